The van der Waals surface area contributed by atoms with E-state index >= 15 is 0 Å². The first-order chi connectivity index (χ1) is 15.5. The molecule has 1 N–H and O–H groups in total. The van der Waals surface area contributed by atoms with Crippen molar-refractivity contribution in [2.75, 3.05) is 5.32 Å². The third-order valence-electron chi connectivity index (χ3n) is 5.61. The molecule has 5 nitrogen and oxygen atoms in total. The van der Waals surface area contributed by atoms with Gasteiger partial charge in [-0.1, -0.05) is 24.3 Å². The normalized spacial score (nSPS) is 11.1. The molecule has 0 fully saturated rings. The van der Waals surface area contributed by atoms with Crippen molar-refractivity contribution >= 4 is 17.1 Å². The maximum atomic E-state index is 13.7. The lowest BCUT2D eigenvalue weighted by atomic mass is 10.1. The van der Waals surface area contributed by atoms with Gasteiger partial charge in [0.2, 0.25) is 0 Å². The maximum absolute atomic E-state index is 13.7. The summed E-state index contributed by atoms with van der Waals surface area (Å²) in [5, 5.41) is 7.38. The van der Waals surface area contributed by atoms with Crippen LogP contribution in [0.2, 0.25) is 0 Å². The van der Waals surface area contributed by atoms with Crippen LogP contribution in [0, 0.1) is 19.7 Å². The number of hydrogen-bond acceptors (Lipinski definition) is 2. The molecule has 0 aliphatic carbocycles. The molecule has 0 aliphatic heterocycles. The van der Waals surface area contributed by atoms with Gasteiger partial charge in [-0.3, -0.25) is 4.79 Å². The largest absolute Gasteiger partial charge is 0.321 e. The zero-order chi connectivity index (χ0) is 22.2. The van der Waals surface area contributed by atoms with Crippen molar-refractivity contribution in [2.45, 2.75) is 13.8 Å². The van der Waals surface area contributed by atoms with E-state index in [0.717, 1.165) is 33.7 Å². The second kappa shape index (κ2) is 7.81. The number of halogens is 1. The fraction of sp³-hybridized carbons (Fsp3) is 0.0769. The highest BCUT2D eigenvalue weighted by molar-refractivity contribution is 6.02. The standard InChI is InChI=1S/C26H21FN4O/c1-17-6-8-22(14-18(17)2)28-26(32)24-12-13-31(29-24)25-11-10-23-9-7-20(16-30(23)25)19-4-3-5-21(27)15-19/h3-16H,1-2H3,(H,28,32). The zero-order valence-electron chi connectivity index (χ0n) is 17.7. The summed E-state index contributed by atoms with van der Waals surface area (Å²) in [5.74, 6) is 0.235. The minimum atomic E-state index is -0.276. The van der Waals surface area contributed by atoms with Crippen molar-refractivity contribution in [1.82, 2.24) is 14.2 Å². The van der Waals surface area contributed by atoms with Gasteiger partial charge in [0.1, 0.15) is 11.6 Å². The maximum Gasteiger partial charge on any atom is 0.276 e. The summed E-state index contributed by atoms with van der Waals surface area (Å²) in [5.41, 5.74) is 5.98. The van der Waals surface area contributed by atoms with Crippen LogP contribution in [0.5, 0.6) is 0 Å². The molecule has 6 heteroatoms. The number of carbonyl (C=O) groups is 1. The summed E-state index contributed by atoms with van der Waals surface area (Å²) in [4.78, 5) is 12.7. The lowest BCUT2D eigenvalue weighted by Crippen LogP contribution is -2.13. The van der Waals surface area contributed by atoms with Crippen molar-refractivity contribution in [3.8, 4) is 16.9 Å². The molecule has 0 atom stereocenters. The van der Waals surface area contributed by atoms with Gasteiger partial charge in [0, 0.05) is 23.6 Å². The molecule has 158 valence electrons. The van der Waals surface area contributed by atoms with Crippen LogP contribution in [-0.4, -0.2) is 20.1 Å². The molecule has 0 aliphatic rings. The number of anilines is 1. The third-order valence-corrected chi connectivity index (χ3v) is 5.61. The molecule has 1 amide bonds. The fourth-order valence-corrected chi connectivity index (χ4v) is 3.70. The quantitative estimate of drug-likeness (QED) is 0.396. The number of fused-ring (bicyclic) bond motifs is 1. The Morgan fingerprint density at radius 2 is 1.75 bits per heavy atom. The molecule has 0 spiro atoms. The number of amides is 1. The summed E-state index contributed by atoms with van der Waals surface area (Å²) in [7, 11) is 0. The number of carbonyl (C=O) groups excluding carboxylic acids is 1. The first-order valence-electron chi connectivity index (χ1n) is 10.3. The molecule has 3 heterocycles. The summed E-state index contributed by atoms with van der Waals surface area (Å²) in [6, 6.07) is 21.8. The zero-order valence-corrected chi connectivity index (χ0v) is 17.7. The Hall–Kier alpha value is -4.19. The van der Waals surface area contributed by atoms with E-state index in [1.165, 1.54) is 17.7 Å². The molecule has 0 unspecified atom stereocenters. The smallest absolute Gasteiger partial charge is 0.276 e. The highest BCUT2D eigenvalue weighted by atomic mass is 19.1. The van der Waals surface area contributed by atoms with Crippen LogP contribution in [0.4, 0.5) is 10.1 Å². The van der Waals surface area contributed by atoms with Gasteiger partial charge < -0.3 is 9.72 Å². The minimum absolute atomic E-state index is 0.270. The van der Waals surface area contributed by atoms with E-state index in [2.05, 4.69) is 10.4 Å². The lowest BCUT2D eigenvalue weighted by Gasteiger charge is -2.08. The Bertz CT molecular complexity index is 1460. The van der Waals surface area contributed by atoms with Crippen LogP contribution in [0.3, 0.4) is 0 Å². The second-order valence-corrected chi connectivity index (χ2v) is 7.81. The molecule has 2 aromatic carbocycles. The van der Waals surface area contributed by atoms with Gasteiger partial charge in [-0.15, -0.1) is 0 Å². The number of nitrogens with zero attached hydrogens (tertiary/aromatic N) is 3. The Morgan fingerprint density at radius 3 is 2.56 bits per heavy atom. The van der Waals surface area contributed by atoms with Crippen LogP contribution in [-0.2, 0) is 0 Å². The van der Waals surface area contributed by atoms with Crippen LogP contribution in [0.25, 0.3) is 22.5 Å². The first kappa shape index (κ1) is 19.8. The molecule has 0 saturated heterocycles. The fourth-order valence-electron chi connectivity index (χ4n) is 3.70. The van der Waals surface area contributed by atoms with E-state index in [9.17, 15) is 9.18 Å². The van der Waals surface area contributed by atoms with Gasteiger partial charge >= 0.3 is 0 Å². The number of nitrogens with one attached hydrogen (secondary N) is 1. The highest BCUT2D eigenvalue weighted by Gasteiger charge is 2.13. The van der Waals surface area contributed by atoms with Gasteiger partial charge in [0.15, 0.2) is 5.69 Å². The molecular formula is C26H21FN4O. The van der Waals surface area contributed by atoms with E-state index in [1.54, 1.807) is 23.0 Å². The molecule has 0 saturated carbocycles. The van der Waals surface area contributed by atoms with E-state index in [4.69, 9.17) is 0 Å². The summed E-state index contributed by atoms with van der Waals surface area (Å²) in [6.07, 6.45) is 3.70. The number of pyridine rings is 1. The Morgan fingerprint density at radius 1 is 0.906 bits per heavy atom. The van der Waals surface area contributed by atoms with Crippen molar-refractivity contribution in [3.63, 3.8) is 0 Å². The molecule has 5 aromatic rings. The van der Waals surface area contributed by atoms with E-state index in [1.807, 2.05) is 73.0 Å². The van der Waals surface area contributed by atoms with Gasteiger partial charge in [-0.2, -0.15) is 5.10 Å². The molecule has 5 rings (SSSR count). The molecule has 0 bridgehead atoms. The van der Waals surface area contributed by atoms with Crippen molar-refractivity contribution in [2.24, 2.45) is 0 Å². The molecule has 32 heavy (non-hydrogen) atoms. The summed E-state index contributed by atoms with van der Waals surface area (Å²) in [6.45, 7) is 4.04. The Kier molecular flexibility index (Phi) is 4.82. The lowest BCUT2D eigenvalue weighted by molar-refractivity contribution is 0.102. The average Bonchev–Trinajstić information content (AvgIpc) is 3.43. The topological polar surface area (TPSA) is 51.3 Å². The number of rotatable bonds is 4. The number of hydrogen-bond donors (Lipinski definition) is 1. The van der Waals surface area contributed by atoms with E-state index in [-0.39, 0.29) is 11.7 Å². The summed E-state index contributed by atoms with van der Waals surface area (Å²) >= 11 is 0. The van der Waals surface area contributed by atoms with E-state index in [0.29, 0.717) is 5.69 Å². The number of aromatic nitrogens is 3. The van der Waals surface area contributed by atoms with Crippen LogP contribution < -0.4 is 5.32 Å². The van der Waals surface area contributed by atoms with E-state index < -0.39 is 0 Å². The third kappa shape index (κ3) is 3.67. The van der Waals surface area contributed by atoms with Crippen LogP contribution in [0.1, 0.15) is 21.6 Å². The predicted octanol–water partition coefficient (Wildman–Crippen LogP) is 5.80. The number of aryl methyl sites for hydroxylation is 2. The monoisotopic (exact) mass is 424 g/mol. The number of benzene rings is 2. The minimum Gasteiger partial charge on any atom is -0.321 e. The van der Waals surface area contributed by atoms with Crippen molar-refractivity contribution in [1.29, 1.82) is 0 Å². The van der Waals surface area contributed by atoms with Crippen LogP contribution in [0.15, 0.2) is 85.2 Å². The van der Waals surface area contributed by atoms with Gasteiger partial charge in [-0.25, -0.2) is 9.07 Å². The molecule has 3 aromatic heterocycles. The highest BCUT2D eigenvalue weighted by Crippen LogP contribution is 2.24. The first-order valence-corrected chi connectivity index (χ1v) is 10.3. The van der Waals surface area contributed by atoms with Crippen LogP contribution >= 0.6 is 0 Å². The predicted molar refractivity (Wildman–Crippen MR) is 124 cm³/mol. The average molecular weight is 424 g/mol. The Balaban J connectivity index is 1.45. The SMILES string of the molecule is Cc1ccc(NC(=O)c2ccn(-c3ccc4ccc(-c5cccc(F)c5)cn34)n2)cc1C. The van der Waals surface area contributed by atoms with Gasteiger partial charge in [-0.05, 0) is 84.6 Å². The van der Waals surface area contributed by atoms with Gasteiger partial charge in [0.25, 0.3) is 5.91 Å². The van der Waals surface area contributed by atoms with Gasteiger partial charge in [0.05, 0.1) is 0 Å². The summed E-state index contributed by atoms with van der Waals surface area (Å²) < 4.78 is 17.3. The van der Waals surface area contributed by atoms with Crippen molar-refractivity contribution < 1.29 is 9.18 Å². The second-order valence-electron chi connectivity index (χ2n) is 7.81. The Labute approximate surface area is 184 Å². The molecular weight excluding hydrogens is 403 g/mol. The molecule has 0 radical (unpaired) electrons. The van der Waals surface area contributed by atoms with Crippen molar-refractivity contribution in [3.05, 3.63) is 108 Å².